The van der Waals surface area contributed by atoms with E-state index in [-0.39, 0.29) is 6.04 Å². The van der Waals surface area contributed by atoms with Crippen molar-refractivity contribution in [1.82, 2.24) is 15.0 Å². The highest BCUT2D eigenvalue weighted by Crippen LogP contribution is 2.35. The van der Waals surface area contributed by atoms with Crippen molar-refractivity contribution in [2.75, 3.05) is 24.8 Å². The van der Waals surface area contributed by atoms with E-state index in [0.717, 1.165) is 6.42 Å². The fourth-order valence-electron chi connectivity index (χ4n) is 2.42. The quantitative estimate of drug-likeness (QED) is 0.901. The summed E-state index contributed by atoms with van der Waals surface area (Å²) in [5, 5.41) is 8.46. The molecule has 106 valence electrons. The molecule has 0 aliphatic heterocycles. The van der Waals surface area contributed by atoms with Crippen LogP contribution in [-0.2, 0) is 6.42 Å². The number of aryl methyl sites for hydroxylation is 1. The number of hydrogen-bond donors (Lipinski definition) is 2. The van der Waals surface area contributed by atoms with Crippen molar-refractivity contribution in [3.63, 3.8) is 0 Å². The average molecular weight is 291 g/mol. The van der Waals surface area contributed by atoms with E-state index in [1.54, 1.807) is 14.2 Å². The number of anilines is 2. The number of fused-ring (bicyclic) bond motifs is 1. The third-order valence-electron chi connectivity index (χ3n) is 3.38. The molecule has 2 N–H and O–H groups in total. The van der Waals surface area contributed by atoms with Crippen LogP contribution in [0.5, 0.6) is 6.01 Å². The minimum atomic E-state index is 0.266. The van der Waals surface area contributed by atoms with Crippen LogP contribution < -0.4 is 15.4 Å². The molecule has 2 heterocycles. The lowest BCUT2D eigenvalue weighted by molar-refractivity contribution is 0.379. The van der Waals surface area contributed by atoms with Crippen LogP contribution in [0, 0.1) is 0 Å². The third kappa shape index (κ3) is 2.53. The van der Waals surface area contributed by atoms with E-state index in [2.05, 4.69) is 37.0 Å². The molecule has 1 aliphatic carbocycles. The highest BCUT2D eigenvalue weighted by Gasteiger charge is 2.22. The molecule has 0 aromatic carbocycles. The summed E-state index contributed by atoms with van der Waals surface area (Å²) in [6.45, 7) is 0. The summed E-state index contributed by atoms with van der Waals surface area (Å²) in [4.78, 5) is 14.2. The predicted molar refractivity (Wildman–Crippen MR) is 79.5 cm³/mol. The summed E-state index contributed by atoms with van der Waals surface area (Å²) in [6, 6.07) is 2.77. The van der Waals surface area contributed by atoms with Gasteiger partial charge in [-0.25, -0.2) is 0 Å². The summed E-state index contributed by atoms with van der Waals surface area (Å²) >= 11 is 1.82. The maximum Gasteiger partial charge on any atom is 0.322 e. The molecule has 1 atom stereocenters. The van der Waals surface area contributed by atoms with Crippen molar-refractivity contribution in [2.24, 2.45) is 0 Å². The van der Waals surface area contributed by atoms with Crippen LogP contribution in [0.25, 0.3) is 0 Å². The molecule has 1 aliphatic rings. The second kappa shape index (κ2) is 5.62. The first-order chi connectivity index (χ1) is 9.80. The van der Waals surface area contributed by atoms with Gasteiger partial charge in [-0.1, -0.05) is 0 Å². The molecule has 3 rings (SSSR count). The van der Waals surface area contributed by atoms with Gasteiger partial charge in [-0.05, 0) is 36.3 Å². The van der Waals surface area contributed by atoms with E-state index in [4.69, 9.17) is 4.74 Å². The molecule has 0 spiro atoms. The van der Waals surface area contributed by atoms with Gasteiger partial charge in [0.15, 0.2) is 0 Å². The smallest absolute Gasteiger partial charge is 0.322 e. The Labute approximate surface area is 121 Å². The van der Waals surface area contributed by atoms with E-state index >= 15 is 0 Å². The first kappa shape index (κ1) is 13.1. The van der Waals surface area contributed by atoms with Crippen LogP contribution in [0.1, 0.15) is 29.3 Å². The number of methoxy groups -OCH3 is 1. The van der Waals surface area contributed by atoms with Gasteiger partial charge < -0.3 is 15.4 Å². The Hall–Kier alpha value is -1.89. The molecule has 0 bridgehead atoms. The molecular formula is C13H17N5OS. The third-order valence-corrected chi connectivity index (χ3v) is 4.37. The Morgan fingerprint density at radius 3 is 2.95 bits per heavy atom. The normalized spacial score (nSPS) is 17.4. The van der Waals surface area contributed by atoms with Crippen molar-refractivity contribution in [3.8, 4) is 6.01 Å². The maximum atomic E-state index is 5.10. The monoisotopic (exact) mass is 291 g/mol. The molecule has 6 nitrogen and oxygen atoms in total. The van der Waals surface area contributed by atoms with Crippen LogP contribution in [0.2, 0.25) is 0 Å². The van der Waals surface area contributed by atoms with Gasteiger partial charge >= 0.3 is 6.01 Å². The Morgan fingerprint density at radius 1 is 1.30 bits per heavy atom. The van der Waals surface area contributed by atoms with Crippen molar-refractivity contribution in [1.29, 1.82) is 0 Å². The lowest BCUT2D eigenvalue weighted by atomic mass is 9.94. The molecular weight excluding hydrogens is 274 g/mol. The Kier molecular flexibility index (Phi) is 3.68. The van der Waals surface area contributed by atoms with Gasteiger partial charge in [-0.3, -0.25) is 0 Å². The standard InChI is InChI=1S/C13H17N5OS/c1-14-11-16-12(18-13(17-11)19-2)15-9-4-3-5-10-8(9)6-7-20-10/h6-7,9H,3-5H2,1-2H3,(H2,14,15,16,17,18). The second-order valence-electron chi connectivity index (χ2n) is 4.61. The van der Waals surface area contributed by atoms with Gasteiger partial charge in [0.1, 0.15) is 0 Å². The highest BCUT2D eigenvalue weighted by molar-refractivity contribution is 7.10. The number of thiophene rings is 1. The van der Waals surface area contributed by atoms with Gasteiger partial charge in [0, 0.05) is 11.9 Å². The SMILES string of the molecule is CNc1nc(NC2CCCc3sccc32)nc(OC)n1. The van der Waals surface area contributed by atoms with E-state index in [1.165, 1.54) is 23.3 Å². The topological polar surface area (TPSA) is 72.0 Å². The molecule has 0 saturated carbocycles. The van der Waals surface area contributed by atoms with Crippen LogP contribution in [0.3, 0.4) is 0 Å². The van der Waals surface area contributed by atoms with Gasteiger partial charge in [0.05, 0.1) is 13.2 Å². The zero-order chi connectivity index (χ0) is 13.9. The average Bonchev–Trinajstić information content (AvgIpc) is 2.96. The Balaban J connectivity index is 1.85. The van der Waals surface area contributed by atoms with Crippen molar-refractivity contribution in [3.05, 3.63) is 21.9 Å². The molecule has 0 fully saturated rings. The number of nitrogens with one attached hydrogen (secondary N) is 2. The summed E-state index contributed by atoms with van der Waals surface area (Å²) in [5.41, 5.74) is 1.37. The van der Waals surface area contributed by atoms with Crippen LogP contribution in [-0.4, -0.2) is 29.1 Å². The highest BCUT2D eigenvalue weighted by atomic mass is 32.1. The number of nitrogens with zero attached hydrogens (tertiary/aromatic N) is 3. The number of hydrogen-bond acceptors (Lipinski definition) is 7. The molecule has 2 aromatic rings. The summed E-state index contributed by atoms with van der Waals surface area (Å²) < 4.78 is 5.10. The van der Waals surface area contributed by atoms with E-state index < -0.39 is 0 Å². The number of rotatable bonds is 4. The Morgan fingerprint density at radius 2 is 2.15 bits per heavy atom. The molecule has 7 heteroatoms. The second-order valence-corrected chi connectivity index (χ2v) is 5.61. The van der Waals surface area contributed by atoms with Gasteiger partial charge in [-0.15, -0.1) is 11.3 Å². The van der Waals surface area contributed by atoms with Crippen molar-refractivity contribution in [2.45, 2.75) is 25.3 Å². The fourth-order valence-corrected chi connectivity index (χ4v) is 3.40. The lowest BCUT2D eigenvalue weighted by Gasteiger charge is -2.23. The first-order valence-electron chi connectivity index (χ1n) is 6.61. The fraction of sp³-hybridized carbons (Fsp3) is 0.462. The largest absolute Gasteiger partial charge is 0.467 e. The minimum absolute atomic E-state index is 0.266. The number of aromatic nitrogens is 3. The summed E-state index contributed by atoms with van der Waals surface area (Å²) in [5.74, 6) is 1.05. The maximum absolute atomic E-state index is 5.10. The van der Waals surface area contributed by atoms with E-state index in [0.29, 0.717) is 17.9 Å². The predicted octanol–water partition coefficient (Wildman–Crippen LogP) is 2.47. The van der Waals surface area contributed by atoms with Gasteiger partial charge in [0.2, 0.25) is 11.9 Å². The molecule has 20 heavy (non-hydrogen) atoms. The van der Waals surface area contributed by atoms with Crippen LogP contribution >= 0.6 is 11.3 Å². The van der Waals surface area contributed by atoms with Gasteiger partial charge in [0.25, 0.3) is 0 Å². The summed E-state index contributed by atoms with van der Waals surface area (Å²) in [7, 11) is 3.33. The molecule has 0 saturated heterocycles. The minimum Gasteiger partial charge on any atom is -0.467 e. The number of ether oxygens (including phenoxy) is 1. The van der Waals surface area contributed by atoms with Crippen LogP contribution in [0.15, 0.2) is 11.4 Å². The van der Waals surface area contributed by atoms with E-state index in [9.17, 15) is 0 Å². The first-order valence-corrected chi connectivity index (χ1v) is 7.48. The van der Waals surface area contributed by atoms with Gasteiger partial charge in [-0.2, -0.15) is 15.0 Å². The Bertz CT molecular complexity index is 578. The zero-order valence-corrected chi connectivity index (χ0v) is 12.3. The molecule has 1 unspecified atom stereocenters. The van der Waals surface area contributed by atoms with E-state index in [1.807, 2.05) is 11.3 Å². The van der Waals surface area contributed by atoms with Crippen molar-refractivity contribution >= 4 is 23.2 Å². The zero-order valence-electron chi connectivity index (χ0n) is 11.5. The summed E-state index contributed by atoms with van der Waals surface area (Å²) in [6.07, 6.45) is 3.45. The molecule has 0 amide bonds. The lowest BCUT2D eigenvalue weighted by Crippen LogP contribution is -2.18. The van der Waals surface area contributed by atoms with Crippen molar-refractivity contribution < 1.29 is 4.74 Å². The molecule has 2 aromatic heterocycles. The molecule has 0 radical (unpaired) electrons. The van der Waals surface area contributed by atoms with Crippen LogP contribution in [0.4, 0.5) is 11.9 Å².